The van der Waals surface area contributed by atoms with Crippen LogP contribution in [0.5, 0.6) is 0 Å². The van der Waals surface area contributed by atoms with E-state index in [1.807, 2.05) is 0 Å². The highest BCUT2D eigenvalue weighted by atomic mass is 32.1. The fourth-order valence-electron chi connectivity index (χ4n) is 1.25. The van der Waals surface area contributed by atoms with Gasteiger partial charge in [-0.2, -0.15) is 0 Å². The van der Waals surface area contributed by atoms with Gasteiger partial charge in [-0.05, 0) is 36.5 Å². The second-order valence-electron chi connectivity index (χ2n) is 3.09. The Bertz CT molecular complexity index is 529. The highest BCUT2D eigenvalue weighted by Gasteiger charge is 2.05. The molecule has 0 unspecified atom stereocenters. The molecule has 0 saturated heterocycles. The van der Waals surface area contributed by atoms with Gasteiger partial charge in [0.15, 0.2) is 5.76 Å². The van der Waals surface area contributed by atoms with Gasteiger partial charge in [0.2, 0.25) is 0 Å². The Morgan fingerprint density at radius 3 is 2.81 bits per heavy atom. The summed E-state index contributed by atoms with van der Waals surface area (Å²) in [5.74, 6) is 0.314. The van der Waals surface area contributed by atoms with Crippen LogP contribution >= 0.6 is 12.2 Å². The SMILES string of the molecule is Fc1ccc(-c2cc(CN=C=S)on2)cc1. The Balaban J connectivity index is 2.24. The maximum Gasteiger partial charge on any atom is 0.159 e. The highest BCUT2D eigenvalue weighted by Crippen LogP contribution is 2.19. The van der Waals surface area contributed by atoms with Crippen LogP contribution in [0.15, 0.2) is 39.8 Å². The summed E-state index contributed by atoms with van der Waals surface area (Å²) < 4.78 is 17.7. The predicted octanol–water partition coefficient (Wildman–Crippen LogP) is 3.08. The van der Waals surface area contributed by atoms with Crippen molar-refractivity contribution in [2.75, 3.05) is 0 Å². The zero-order chi connectivity index (χ0) is 11.4. The third-order valence-corrected chi connectivity index (χ3v) is 2.13. The Morgan fingerprint density at radius 1 is 1.38 bits per heavy atom. The normalized spacial score (nSPS) is 9.81. The van der Waals surface area contributed by atoms with Gasteiger partial charge < -0.3 is 4.52 Å². The van der Waals surface area contributed by atoms with E-state index in [1.165, 1.54) is 12.1 Å². The standard InChI is InChI=1S/C11H7FN2OS/c12-9-3-1-8(2-4-9)11-5-10(15-14-11)6-13-7-16/h1-5H,6H2. The first-order chi connectivity index (χ1) is 7.79. The van der Waals surface area contributed by atoms with Crippen molar-refractivity contribution in [2.45, 2.75) is 6.54 Å². The fourth-order valence-corrected chi connectivity index (χ4v) is 1.32. The lowest BCUT2D eigenvalue weighted by Crippen LogP contribution is -1.77. The molecule has 0 aliphatic rings. The van der Waals surface area contributed by atoms with Gasteiger partial charge in [-0.25, -0.2) is 9.38 Å². The van der Waals surface area contributed by atoms with E-state index >= 15 is 0 Å². The Kier molecular flexibility index (Phi) is 3.19. The topological polar surface area (TPSA) is 38.4 Å². The Labute approximate surface area is 96.6 Å². The molecule has 1 aromatic heterocycles. The van der Waals surface area contributed by atoms with Crippen LogP contribution in [0, 0.1) is 5.82 Å². The van der Waals surface area contributed by atoms with Crippen LogP contribution in [0.1, 0.15) is 5.76 Å². The van der Waals surface area contributed by atoms with Gasteiger partial charge in [0.1, 0.15) is 18.1 Å². The molecule has 0 atom stereocenters. The number of hydrogen-bond donors (Lipinski definition) is 0. The van der Waals surface area contributed by atoms with Crippen molar-refractivity contribution in [3.63, 3.8) is 0 Å². The monoisotopic (exact) mass is 234 g/mol. The molecular weight excluding hydrogens is 227 g/mol. The smallest absolute Gasteiger partial charge is 0.159 e. The maximum absolute atomic E-state index is 12.7. The number of rotatable bonds is 3. The highest BCUT2D eigenvalue weighted by molar-refractivity contribution is 7.78. The maximum atomic E-state index is 12.7. The molecule has 0 N–H and O–H groups in total. The first-order valence-corrected chi connectivity index (χ1v) is 4.95. The summed E-state index contributed by atoms with van der Waals surface area (Å²) in [6.07, 6.45) is 0. The lowest BCUT2D eigenvalue weighted by molar-refractivity contribution is 0.387. The van der Waals surface area contributed by atoms with Gasteiger partial charge in [0, 0.05) is 11.6 Å². The zero-order valence-corrected chi connectivity index (χ0v) is 9.00. The van der Waals surface area contributed by atoms with Crippen LogP contribution in [-0.2, 0) is 6.54 Å². The van der Waals surface area contributed by atoms with E-state index in [1.54, 1.807) is 18.2 Å². The molecule has 16 heavy (non-hydrogen) atoms. The molecule has 0 radical (unpaired) electrons. The minimum Gasteiger partial charge on any atom is -0.359 e. The predicted molar refractivity (Wildman–Crippen MR) is 60.6 cm³/mol. The summed E-state index contributed by atoms with van der Waals surface area (Å²) >= 11 is 4.45. The summed E-state index contributed by atoms with van der Waals surface area (Å²) in [4.78, 5) is 3.73. The third-order valence-electron chi connectivity index (χ3n) is 2.00. The first kappa shape index (κ1) is 10.7. The van der Waals surface area contributed by atoms with E-state index < -0.39 is 0 Å². The molecular formula is C11H7FN2OS. The van der Waals surface area contributed by atoms with E-state index in [0.29, 0.717) is 18.0 Å². The summed E-state index contributed by atoms with van der Waals surface area (Å²) in [5.41, 5.74) is 1.44. The van der Waals surface area contributed by atoms with E-state index in [2.05, 4.69) is 27.5 Å². The van der Waals surface area contributed by atoms with E-state index in [4.69, 9.17) is 4.52 Å². The summed E-state index contributed by atoms with van der Waals surface area (Å²) in [5, 5.41) is 6.09. The van der Waals surface area contributed by atoms with Gasteiger partial charge in [-0.1, -0.05) is 5.16 Å². The first-order valence-electron chi connectivity index (χ1n) is 4.55. The van der Waals surface area contributed by atoms with Crippen LogP contribution in [0.3, 0.4) is 0 Å². The van der Waals surface area contributed by atoms with Crippen molar-refractivity contribution in [1.29, 1.82) is 0 Å². The molecule has 0 fully saturated rings. The molecule has 0 saturated carbocycles. The van der Waals surface area contributed by atoms with Gasteiger partial charge in [-0.3, -0.25) is 0 Å². The average molecular weight is 234 g/mol. The van der Waals surface area contributed by atoms with E-state index in [-0.39, 0.29) is 5.82 Å². The van der Waals surface area contributed by atoms with Crippen molar-refractivity contribution < 1.29 is 8.91 Å². The van der Waals surface area contributed by atoms with Crippen molar-refractivity contribution in [3.8, 4) is 11.3 Å². The second-order valence-corrected chi connectivity index (χ2v) is 3.28. The lowest BCUT2D eigenvalue weighted by atomic mass is 10.1. The third kappa shape index (κ3) is 2.39. The van der Waals surface area contributed by atoms with E-state index in [9.17, 15) is 4.39 Å². The summed E-state index contributed by atoms with van der Waals surface area (Å²) in [6, 6.07) is 7.76. The molecule has 1 aromatic carbocycles. The number of isothiocyanates is 1. The minimum atomic E-state index is -0.280. The fraction of sp³-hybridized carbons (Fsp3) is 0.0909. The molecule has 80 valence electrons. The molecule has 2 rings (SSSR count). The van der Waals surface area contributed by atoms with E-state index in [0.717, 1.165) is 5.56 Å². The molecule has 0 aliphatic carbocycles. The van der Waals surface area contributed by atoms with Crippen molar-refractivity contribution in [3.05, 3.63) is 41.9 Å². The molecule has 0 amide bonds. The largest absolute Gasteiger partial charge is 0.359 e. The van der Waals surface area contributed by atoms with Crippen LogP contribution in [0.25, 0.3) is 11.3 Å². The van der Waals surface area contributed by atoms with Crippen molar-refractivity contribution in [2.24, 2.45) is 4.99 Å². The lowest BCUT2D eigenvalue weighted by Gasteiger charge is -1.93. The number of thiocarbonyl (C=S) groups is 1. The second kappa shape index (κ2) is 4.79. The average Bonchev–Trinajstić information content (AvgIpc) is 2.76. The molecule has 1 heterocycles. The van der Waals surface area contributed by atoms with Crippen LogP contribution in [0.4, 0.5) is 4.39 Å². The zero-order valence-electron chi connectivity index (χ0n) is 8.18. The van der Waals surface area contributed by atoms with Crippen molar-refractivity contribution in [1.82, 2.24) is 5.16 Å². The molecule has 0 aliphatic heterocycles. The minimum absolute atomic E-state index is 0.280. The van der Waals surface area contributed by atoms with Gasteiger partial charge in [0.25, 0.3) is 0 Å². The molecule has 0 bridgehead atoms. The number of halogens is 1. The van der Waals surface area contributed by atoms with Crippen molar-refractivity contribution >= 4 is 17.4 Å². The van der Waals surface area contributed by atoms with Crippen LogP contribution in [-0.4, -0.2) is 10.3 Å². The number of aliphatic imine (C=N–C) groups is 1. The van der Waals surface area contributed by atoms with Crippen LogP contribution < -0.4 is 0 Å². The number of hydrogen-bond acceptors (Lipinski definition) is 4. The van der Waals surface area contributed by atoms with Gasteiger partial charge >= 0.3 is 0 Å². The number of aromatic nitrogens is 1. The summed E-state index contributed by atoms with van der Waals surface area (Å²) in [7, 11) is 0. The number of nitrogens with zero attached hydrogens (tertiary/aromatic N) is 2. The Morgan fingerprint density at radius 2 is 2.12 bits per heavy atom. The number of benzene rings is 1. The van der Waals surface area contributed by atoms with Crippen LogP contribution in [0.2, 0.25) is 0 Å². The van der Waals surface area contributed by atoms with Gasteiger partial charge in [0.05, 0.1) is 5.16 Å². The quantitative estimate of drug-likeness (QED) is 0.605. The molecule has 5 heteroatoms. The molecule has 2 aromatic rings. The summed E-state index contributed by atoms with van der Waals surface area (Å²) in [6.45, 7) is 0.317. The Hall–Kier alpha value is -1.84. The molecule has 3 nitrogen and oxygen atoms in total. The molecule has 0 spiro atoms. The van der Waals surface area contributed by atoms with Gasteiger partial charge in [-0.15, -0.1) is 0 Å².